The number of hydrogen-bond acceptors (Lipinski definition) is 3. The lowest BCUT2D eigenvalue weighted by molar-refractivity contribution is -0.143. The molecule has 0 radical (unpaired) electrons. The summed E-state index contributed by atoms with van der Waals surface area (Å²) < 4.78 is 43.4. The molecule has 3 nitrogen and oxygen atoms in total. The fourth-order valence-electron chi connectivity index (χ4n) is 1.23. The summed E-state index contributed by atoms with van der Waals surface area (Å²) in [6.45, 7) is 1.51. The summed E-state index contributed by atoms with van der Waals surface area (Å²) in [5, 5.41) is 8.73. The van der Waals surface area contributed by atoms with Gasteiger partial charge in [0.1, 0.15) is 5.82 Å². The number of carbonyl (C=O) groups is 1. The Balaban J connectivity index is 3.18. The molecular formula is C11H8F3NO2. The van der Waals surface area contributed by atoms with Crippen LogP contribution in [0.5, 0.6) is 0 Å². The van der Waals surface area contributed by atoms with Gasteiger partial charge in [0.05, 0.1) is 12.7 Å². The monoisotopic (exact) mass is 243 g/mol. The highest BCUT2D eigenvalue weighted by molar-refractivity contribution is 5.81. The number of esters is 1. The molecule has 0 amide bonds. The van der Waals surface area contributed by atoms with Crippen LogP contribution in [-0.4, -0.2) is 12.6 Å². The maximum atomic E-state index is 13.3. The van der Waals surface area contributed by atoms with E-state index in [1.807, 2.05) is 0 Å². The minimum absolute atomic E-state index is 0.00229. The van der Waals surface area contributed by atoms with Crippen molar-refractivity contribution in [3.8, 4) is 6.07 Å². The maximum absolute atomic E-state index is 13.3. The maximum Gasteiger partial charge on any atom is 0.328 e. The molecule has 0 spiro atoms. The van der Waals surface area contributed by atoms with Crippen LogP contribution in [0.2, 0.25) is 0 Å². The molecule has 0 aliphatic carbocycles. The summed E-state index contributed by atoms with van der Waals surface area (Å²) in [7, 11) is 0. The molecule has 17 heavy (non-hydrogen) atoms. The van der Waals surface area contributed by atoms with Crippen molar-refractivity contribution in [2.45, 2.75) is 12.8 Å². The van der Waals surface area contributed by atoms with Crippen molar-refractivity contribution in [2.24, 2.45) is 0 Å². The van der Waals surface area contributed by atoms with Gasteiger partial charge in [-0.05, 0) is 13.0 Å². The highest BCUT2D eigenvalue weighted by Gasteiger charge is 2.26. The topological polar surface area (TPSA) is 50.1 Å². The van der Waals surface area contributed by atoms with E-state index in [4.69, 9.17) is 5.26 Å². The Kier molecular flexibility index (Phi) is 4.10. The van der Waals surface area contributed by atoms with Crippen molar-refractivity contribution in [3.05, 3.63) is 35.1 Å². The molecule has 0 aromatic heterocycles. The fraction of sp³-hybridized carbons (Fsp3) is 0.273. The van der Waals surface area contributed by atoms with Gasteiger partial charge in [0.15, 0.2) is 17.6 Å². The number of hydrogen-bond donors (Lipinski definition) is 0. The van der Waals surface area contributed by atoms with Gasteiger partial charge in [-0.25, -0.2) is 13.2 Å². The molecule has 1 aromatic rings. The van der Waals surface area contributed by atoms with Crippen LogP contribution in [0.3, 0.4) is 0 Å². The van der Waals surface area contributed by atoms with Crippen LogP contribution in [0.4, 0.5) is 13.2 Å². The van der Waals surface area contributed by atoms with Gasteiger partial charge in [-0.15, -0.1) is 0 Å². The predicted molar refractivity (Wildman–Crippen MR) is 51.3 cm³/mol. The van der Waals surface area contributed by atoms with Crippen molar-refractivity contribution in [1.29, 1.82) is 5.26 Å². The quantitative estimate of drug-likeness (QED) is 0.604. The molecule has 1 atom stereocenters. The molecular weight excluding hydrogens is 235 g/mol. The summed E-state index contributed by atoms with van der Waals surface area (Å²) in [6, 6.07) is 2.25. The SMILES string of the molecule is CCOC(=O)C(C#N)c1cc(F)c(F)cc1F. The van der Waals surface area contributed by atoms with Gasteiger partial charge in [-0.2, -0.15) is 5.26 Å². The molecule has 0 fully saturated rings. The van der Waals surface area contributed by atoms with E-state index in [0.29, 0.717) is 6.07 Å². The third kappa shape index (κ3) is 2.75. The number of rotatable bonds is 3. The molecule has 0 bridgehead atoms. The third-order valence-corrected chi connectivity index (χ3v) is 2.00. The number of nitriles is 1. The first-order valence-corrected chi connectivity index (χ1v) is 4.72. The van der Waals surface area contributed by atoms with Gasteiger partial charge in [0.2, 0.25) is 0 Å². The summed E-state index contributed by atoms with van der Waals surface area (Å²) in [5.74, 6) is -6.48. The third-order valence-electron chi connectivity index (χ3n) is 2.00. The number of ether oxygens (including phenoxy) is 1. The Morgan fingerprint density at radius 1 is 1.35 bits per heavy atom. The van der Waals surface area contributed by atoms with E-state index in [-0.39, 0.29) is 12.7 Å². The Hall–Kier alpha value is -2.03. The molecule has 0 aliphatic rings. The lowest BCUT2D eigenvalue weighted by atomic mass is 10.00. The average Bonchev–Trinajstić information content (AvgIpc) is 2.26. The van der Waals surface area contributed by atoms with Crippen molar-refractivity contribution in [1.82, 2.24) is 0 Å². The fourth-order valence-corrected chi connectivity index (χ4v) is 1.23. The Labute approximate surface area is 95.4 Å². The van der Waals surface area contributed by atoms with Crippen molar-refractivity contribution >= 4 is 5.97 Å². The van der Waals surface area contributed by atoms with E-state index >= 15 is 0 Å². The van der Waals surface area contributed by atoms with Crippen molar-refractivity contribution < 1.29 is 22.7 Å². The number of nitrogens with zero attached hydrogens (tertiary/aromatic N) is 1. The van der Waals surface area contributed by atoms with Crippen molar-refractivity contribution in [3.63, 3.8) is 0 Å². The molecule has 0 saturated carbocycles. The Bertz CT molecular complexity index is 482. The Morgan fingerprint density at radius 3 is 2.47 bits per heavy atom. The highest BCUT2D eigenvalue weighted by Crippen LogP contribution is 2.23. The zero-order chi connectivity index (χ0) is 13.0. The Morgan fingerprint density at radius 2 is 1.94 bits per heavy atom. The van der Waals surface area contributed by atoms with E-state index < -0.39 is 34.9 Å². The van der Waals surface area contributed by atoms with Crippen LogP contribution >= 0.6 is 0 Å². The summed E-state index contributed by atoms with van der Waals surface area (Å²) in [6.07, 6.45) is 0. The van der Waals surface area contributed by atoms with E-state index in [9.17, 15) is 18.0 Å². The van der Waals surface area contributed by atoms with Gasteiger partial charge in [0.25, 0.3) is 0 Å². The first-order chi connectivity index (χ1) is 8.01. The summed E-state index contributed by atoms with van der Waals surface area (Å²) in [5.41, 5.74) is -0.537. The molecule has 0 heterocycles. The zero-order valence-electron chi connectivity index (χ0n) is 8.84. The van der Waals surface area contributed by atoms with E-state index in [1.54, 1.807) is 0 Å². The van der Waals surface area contributed by atoms with Gasteiger partial charge in [-0.3, -0.25) is 4.79 Å². The molecule has 1 unspecified atom stereocenters. The average molecular weight is 243 g/mol. The lowest BCUT2D eigenvalue weighted by Crippen LogP contribution is -2.16. The van der Waals surface area contributed by atoms with Gasteiger partial charge < -0.3 is 4.74 Å². The second kappa shape index (κ2) is 5.34. The molecule has 0 N–H and O–H groups in total. The van der Waals surface area contributed by atoms with Gasteiger partial charge in [-0.1, -0.05) is 0 Å². The van der Waals surface area contributed by atoms with E-state index in [2.05, 4.69) is 4.74 Å². The first-order valence-electron chi connectivity index (χ1n) is 4.72. The summed E-state index contributed by atoms with van der Waals surface area (Å²) in [4.78, 5) is 11.3. The summed E-state index contributed by atoms with van der Waals surface area (Å²) >= 11 is 0. The van der Waals surface area contributed by atoms with E-state index in [0.717, 1.165) is 0 Å². The largest absolute Gasteiger partial charge is 0.465 e. The first kappa shape index (κ1) is 13.0. The van der Waals surface area contributed by atoms with Crippen LogP contribution in [0.1, 0.15) is 18.4 Å². The molecule has 0 saturated heterocycles. The van der Waals surface area contributed by atoms with Crippen molar-refractivity contribution in [2.75, 3.05) is 6.61 Å². The minimum Gasteiger partial charge on any atom is -0.465 e. The highest BCUT2D eigenvalue weighted by atomic mass is 19.2. The normalized spacial score (nSPS) is 11.7. The second-order valence-electron chi connectivity index (χ2n) is 3.10. The molecule has 1 rings (SSSR count). The standard InChI is InChI=1S/C11H8F3NO2/c1-2-17-11(16)7(5-15)6-3-9(13)10(14)4-8(6)12/h3-4,7H,2H2,1H3. The van der Waals surface area contributed by atoms with Crippen LogP contribution in [0.25, 0.3) is 0 Å². The van der Waals surface area contributed by atoms with Crippen LogP contribution in [-0.2, 0) is 9.53 Å². The van der Waals surface area contributed by atoms with Crippen LogP contribution < -0.4 is 0 Å². The molecule has 6 heteroatoms. The van der Waals surface area contributed by atoms with E-state index in [1.165, 1.54) is 13.0 Å². The zero-order valence-corrected chi connectivity index (χ0v) is 8.84. The van der Waals surface area contributed by atoms with Crippen LogP contribution in [0.15, 0.2) is 12.1 Å². The second-order valence-corrected chi connectivity index (χ2v) is 3.10. The lowest BCUT2D eigenvalue weighted by Gasteiger charge is -2.09. The number of halogens is 3. The number of benzene rings is 1. The number of carbonyl (C=O) groups excluding carboxylic acids is 1. The van der Waals surface area contributed by atoms with Gasteiger partial charge in [0, 0.05) is 11.6 Å². The smallest absolute Gasteiger partial charge is 0.328 e. The minimum atomic E-state index is -1.61. The molecule has 1 aromatic carbocycles. The van der Waals surface area contributed by atoms with Crippen LogP contribution in [0, 0.1) is 28.8 Å². The molecule has 0 aliphatic heterocycles. The molecule has 90 valence electrons. The van der Waals surface area contributed by atoms with Gasteiger partial charge >= 0.3 is 5.97 Å². The predicted octanol–water partition coefficient (Wildman–Crippen LogP) is 2.27.